The first kappa shape index (κ1) is 12.1. The van der Waals surface area contributed by atoms with Crippen LogP contribution in [-0.4, -0.2) is 28.5 Å². The first-order valence-electron chi connectivity index (χ1n) is 4.54. The van der Waals surface area contributed by atoms with Crippen LogP contribution in [-0.2, 0) is 0 Å². The van der Waals surface area contributed by atoms with Crippen LogP contribution in [0.2, 0.25) is 0 Å². The Balaban J connectivity index is 2.81. The number of halogens is 1. The minimum absolute atomic E-state index is 0.391. The highest BCUT2D eigenvalue weighted by Gasteiger charge is 2.13. The molecule has 1 aromatic rings. The van der Waals surface area contributed by atoms with E-state index in [0.29, 0.717) is 17.9 Å². The lowest BCUT2D eigenvalue weighted by Gasteiger charge is -2.18. The van der Waals surface area contributed by atoms with Crippen molar-refractivity contribution in [2.45, 2.75) is 19.4 Å². The van der Waals surface area contributed by atoms with Gasteiger partial charge in [-0.25, -0.2) is 4.98 Å². The molecule has 1 heterocycles. The van der Waals surface area contributed by atoms with E-state index in [9.17, 15) is 5.11 Å². The van der Waals surface area contributed by atoms with E-state index in [4.69, 9.17) is 5.41 Å². The second kappa shape index (κ2) is 4.72. The van der Waals surface area contributed by atoms with Gasteiger partial charge in [0.15, 0.2) is 0 Å². The summed E-state index contributed by atoms with van der Waals surface area (Å²) in [4.78, 5) is 4.13. The first-order chi connectivity index (χ1) is 6.92. The molecule has 0 aliphatic heterocycles. The monoisotopic (exact) mass is 271 g/mol. The molecule has 1 aromatic heterocycles. The van der Waals surface area contributed by atoms with Crippen molar-refractivity contribution >= 4 is 28.0 Å². The zero-order valence-corrected chi connectivity index (χ0v) is 10.3. The fraction of sp³-hybridized carbons (Fsp3) is 0.400. The predicted molar refractivity (Wildman–Crippen MR) is 64.6 cm³/mol. The molecule has 1 rings (SSSR count). The predicted octanol–water partition coefficient (Wildman–Crippen LogP) is 2.02. The lowest BCUT2D eigenvalue weighted by molar-refractivity contribution is 0.0944. The zero-order chi connectivity index (χ0) is 11.5. The lowest BCUT2D eigenvalue weighted by atomic mass is 10.1. The third-order valence-electron chi connectivity index (χ3n) is 1.73. The van der Waals surface area contributed by atoms with Crippen LogP contribution in [0.15, 0.2) is 16.7 Å². The van der Waals surface area contributed by atoms with Crippen molar-refractivity contribution in [1.82, 2.24) is 4.98 Å². The normalized spacial score (nSPS) is 11.2. The highest BCUT2D eigenvalue weighted by molar-refractivity contribution is 9.10. The van der Waals surface area contributed by atoms with Gasteiger partial charge >= 0.3 is 0 Å². The molecule has 0 unspecified atom stereocenters. The van der Waals surface area contributed by atoms with Crippen molar-refractivity contribution in [2.24, 2.45) is 0 Å². The van der Waals surface area contributed by atoms with Gasteiger partial charge in [0.1, 0.15) is 5.82 Å². The number of nitrogens with zero attached hydrogens (tertiary/aromatic N) is 1. The van der Waals surface area contributed by atoms with E-state index in [2.05, 4.69) is 26.2 Å². The molecule has 0 aromatic carbocycles. The Hall–Kier alpha value is -0.940. The van der Waals surface area contributed by atoms with Crippen molar-refractivity contribution in [2.75, 3.05) is 11.9 Å². The molecular formula is C10H14BrN3O. The average Bonchev–Trinajstić information content (AvgIpc) is 2.14. The molecule has 82 valence electrons. The van der Waals surface area contributed by atoms with E-state index >= 15 is 0 Å². The smallest absolute Gasteiger partial charge is 0.134 e. The Bertz CT molecular complexity index is 360. The Kier molecular flexibility index (Phi) is 3.82. The molecule has 0 aliphatic carbocycles. The SMILES string of the molecule is CC(C)(O)CNc1ncc(Br)cc1C=N. The molecule has 5 heteroatoms. The fourth-order valence-corrected chi connectivity index (χ4v) is 1.36. The number of hydrogen-bond donors (Lipinski definition) is 3. The van der Waals surface area contributed by atoms with E-state index in [1.807, 2.05) is 0 Å². The van der Waals surface area contributed by atoms with Crippen LogP contribution < -0.4 is 5.32 Å². The number of aliphatic hydroxyl groups is 1. The molecule has 0 fully saturated rings. The number of hydrogen-bond acceptors (Lipinski definition) is 4. The highest BCUT2D eigenvalue weighted by Crippen LogP contribution is 2.16. The summed E-state index contributed by atoms with van der Waals surface area (Å²) in [6.07, 6.45) is 2.88. The summed E-state index contributed by atoms with van der Waals surface area (Å²) >= 11 is 3.28. The van der Waals surface area contributed by atoms with Crippen LogP contribution in [0.5, 0.6) is 0 Å². The van der Waals surface area contributed by atoms with Gasteiger partial charge in [0.25, 0.3) is 0 Å². The zero-order valence-electron chi connectivity index (χ0n) is 8.71. The minimum atomic E-state index is -0.798. The second-order valence-electron chi connectivity index (χ2n) is 3.90. The van der Waals surface area contributed by atoms with Gasteiger partial charge in [0, 0.05) is 29.0 Å². The minimum Gasteiger partial charge on any atom is -0.389 e. The van der Waals surface area contributed by atoms with E-state index in [1.165, 1.54) is 6.21 Å². The molecule has 0 aliphatic rings. The summed E-state index contributed by atoms with van der Waals surface area (Å²) in [6, 6.07) is 1.80. The topological polar surface area (TPSA) is 69.0 Å². The lowest BCUT2D eigenvalue weighted by Crippen LogP contribution is -2.29. The summed E-state index contributed by atoms with van der Waals surface area (Å²) in [5.41, 5.74) is -0.109. The molecule has 0 saturated heterocycles. The molecule has 0 spiro atoms. The number of anilines is 1. The van der Waals surface area contributed by atoms with Gasteiger partial charge in [-0.1, -0.05) is 0 Å². The fourth-order valence-electron chi connectivity index (χ4n) is 1.01. The molecule has 0 saturated carbocycles. The van der Waals surface area contributed by atoms with Crippen LogP contribution in [0.25, 0.3) is 0 Å². The van der Waals surface area contributed by atoms with Gasteiger partial charge < -0.3 is 15.8 Å². The number of pyridine rings is 1. The summed E-state index contributed by atoms with van der Waals surface area (Å²) in [7, 11) is 0. The van der Waals surface area contributed by atoms with Gasteiger partial charge in [0.05, 0.1) is 5.60 Å². The van der Waals surface area contributed by atoms with Gasteiger partial charge in [0.2, 0.25) is 0 Å². The Labute approximate surface area is 97.4 Å². The van der Waals surface area contributed by atoms with E-state index in [-0.39, 0.29) is 0 Å². The summed E-state index contributed by atoms with van der Waals surface area (Å²) in [5, 5.41) is 19.8. The van der Waals surface area contributed by atoms with Crippen molar-refractivity contribution in [3.8, 4) is 0 Å². The molecule has 3 N–H and O–H groups in total. The van der Waals surface area contributed by atoms with Crippen molar-refractivity contribution < 1.29 is 5.11 Å². The quantitative estimate of drug-likeness (QED) is 0.734. The first-order valence-corrected chi connectivity index (χ1v) is 5.34. The number of rotatable bonds is 4. The summed E-state index contributed by atoms with van der Waals surface area (Å²) < 4.78 is 0.829. The third kappa shape index (κ3) is 3.97. The second-order valence-corrected chi connectivity index (χ2v) is 4.82. The largest absolute Gasteiger partial charge is 0.389 e. The standard InChI is InChI=1S/C10H14BrN3O/c1-10(2,15)6-14-9-7(4-12)3-8(11)5-13-9/h3-5,12,15H,6H2,1-2H3,(H,13,14). The molecular weight excluding hydrogens is 258 g/mol. The van der Waals surface area contributed by atoms with Crippen LogP contribution in [0.4, 0.5) is 5.82 Å². The molecule has 0 amide bonds. The van der Waals surface area contributed by atoms with Crippen LogP contribution in [0, 0.1) is 5.41 Å². The van der Waals surface area contributed by atoms with Crippen LogP contribution in [0.1, 0.15) is 19.4 Å². The maximum atomic E-state index is 9.54. The number of nitrogens with one attached hydrogen (secondary N) is 2. The summed E-state index contributed by atoms with van der Waals surface area (Å²) in [6.45, 7) is 3.81. The molecule has 0 radical (unpaired) electrons. The molecule has 0 bridgehead atoms. The van der Waals surface area contributed by atoms with E-state index in [1.54, 1.807) is 26.1 Å². The third-order valence-corrected chi connectivity index (χ3v) is 2.16. The molecule has 0 atom stereocenters. The Morgan fingerprint density at radius 3 is 2.87 bits per heavy atom. The maximum absolute atomic E-state index is 9.54. The van der Waals surface area contributed by atoms with Gasteiger partial charge in [-0.15, -0.1) is 0 Å². The van der Waals surface area contributed by atoms with E-state index < -0.39 is 5.60 Å². The Morgan fingerprint density at radius 1 is 1.67 bits per heavy atom. The van der Waals surface area contributed by atoms with Gasteiger partial charge in [-0.3, -0.25) is 0 Å². The molecule has 15 heavy (non-hydrogen) atoms. The highest BCUT2D eigenvalue weighted by atomic mass is 79.9. The van der Waals surface area contributed by atoms with Gasteiger partial charge in [-0.2, -0.15) is 0 Å². The van der Waals surface area contributed by atoms with Crippen molar-refractivity contribution in [1.29, 1.82) is 5.41 Å². The van der Waals surface area contributed by atoms with Crippen molar-refractivity contribution in [3.05, 3.63) is 22.3 Å². The van der Waals surface area contributed by atoms with Crippen LogP contribution >= 0.6 is 15.9 Å². The van der Waals surface area contributed by atoms with Gasteiger partial charge in [-0.05, 0) is 35.8 Å². The maximum Gasteiger partial charge on any atom is 0.134 e. The average molecular weight is 272 g/mol. The van der Waals surface area contributed by atoms with E-state index in [0.717, 1.165) is 4.47 Å². The summed E-state index contributed by atoms with van der Waals surface area (Å²) in [5.74, 6) is 0.607. The number of aromatic nitrogens is 1. The Morgan fingerprint density at radius 2 is 2.33 bits per heavy atom. The molecule has 4 nitrogen and oxygen atoms in total. The van der Waals surface area contributed by atoms with Crippen LogP contribution in [0.3, 0.4) is 0 Å². The van der Waals surface area contributed by atoms with Crippen molar-refractivity contribution in [3.63, 3.8) is 0 Å².